The fourth-order valence-corrected chi connectivity index (χ4v) is 2.93. The molecule has 1 atom stereocenters. The Morgan fingerprint density at radius 1 is 1.31 bits per heavy atom. The van der Waals surface area contributed by atoms with Gasteiger partial charge in [0.05, 0.1) is 0 Å². The first kappa shape index (κ1) is 11.6. The second-order valence-corrected chi connectivity index (χ2v) is 5.73. The van der Waals surface area contributed by atoms with Crippen LogP contribution in [0.3, 0.4) is 0 Å². The Bertz CT molecular complexity index is 366. The van der Waals surface area contributed by atoms with Crippen molar-refractivity contribution in [2.75, 3.05) is 20.1 Å². The molecule has 88 valence electrons. The maximum atomic E-state index is 4.44. The lowest BCUT2D eigenvalue weighted by Crippen LogP contribution is -2.24. The molecule has 16 heavy (non-hydrogen) atoms. The van der Waals surface area contributed by atoms with Gasteiger partial charge in [0, 0.05) is 17.9 Å². The van der Waals surface area contributed by atoms with Crippen LogP contribution in [0.4, 0.5) is 0 Å². The summed E-state index contributed by atoms with van der Waals surface area (Å²) in [6, 6.07) is 4.47. The predicted molar refractivity (Wildman–Crippen MR) is 67.6 cm³/mol. The Balaban J connectivity index is 2.14. The van der Waals surface area contributed by atoms with Crippen LogP contribution < -0.4 is 0 Å². The van der Waals surface area contributed by atoms with Crippen LogP contribution in [0.15, 0.2) is 12.1 Å². The monoisotopic (exact) mass is 218 g/mol. The number of likely N-dealkylation sites (tertiary alicyclic amines) is 1. The smallest absolute Gasteiger partial charge is 0.0378 e. The lowest BCUT2D eigenvalue weighted by molar-refractivity contribution is 0.307. The third-order valence-corrected chi connectivity index (χ3v) is 3.52. The van der Waals surface area contributed by atoms with E-state index in [-0.39, 0.29) is 0 Å². The minimum absolute atomic E-state index is 0.453. The number of rotatable bonds is 2. The number of aromatic nitrogens is 1. The molecular weight excluding hydrogens is 196 g/mol. The zero-order valence-corrected chi connectivity index (χ0v) is 10.9. The van der Waals surface area contributed by atoms with E-state index in [0.717, 1.165) is 11.4 Å². The molecule has 1 aromatic rings. The highest BCUT2D eigenvalue weighted by Gasteiger charge is 2.31. The van der Waals surface area contributed by atoms with Crippen LogP contribution in [0, 0.1) is 19.3 Å². The molecule has 1 unspecified atom stereocenters. The van der Waals surface area contributed by atoms with Crippen molar-refractivity contribution in [1.82, 2.24) is 9.88 Å². The second-order valence-electron chi connectivity index (χ2n) is 5.73. The lowest BCUT2D eigenvalue weighted by Gasteiger charge is -2.24. The number of aryl methyl sites for hydroxylation is 2. The van der Waals surface area contributed by atoms with Gasteiger partial charge < -0.3 is 4.90 Å². The van der Waals surface area contributed by atoms with Crippen molar-refractivity contribution in [1.29, 1.82) is 0 Å². The molecule has 2 rings (SSSR count). The van der Waals surface area contributed by atoms with Crippen molar-refractivity contribution >= 4 is 0 Å². The minimum Gasteiger partial charge on any atom is -0.306 e. The van der Waals surface area contributed by atoms with Gasteiger partial charge in [-0.1, -0.05) is 6.92 Å². The predicted octanol–water partition coefficient (Wildman–Crippen LogP) is 2.58. The van der Waals surface area contributed by atoms with E-state index in [1.807, 2.05) is 0 Å². The molecule has 0 radical (unpaired) electrons. The van der Waals surface area contributed by atoms with E-state index in [4.69, 9.17) is 0 Å². The van der Waals surface area contributed by atoms with Gasteiger partial charge in [0.25, 0.3) is 0 Å². The van der Waals surface area contributed by atoms with Gasteiger partial charge >= 0.3 is 0 Å². The molecule has 0 saturated carbocycles. The number of hydrogen-bond donors (Lipinski definition) is 0. The largest absolute Gasteiger partial charge is 0.306 e. The van der Waals surface area contributed by atoms with Gasteiger partial charge in [0.2, 0.25) is 0 Å². The van der Waals surface area contributed by atoms with Gasteiger partial charge in [-0.05, 0) is 63.4 Å². The highest BCUT2D eigenvalue weighted by molar-refractivity contribution is 5.22. The van der Waals surface area contributed by atoms with Crippen molar-refractivity contribution in [3.05, 3.63) is 29.1 Å². The van der Waals surface area contributed by atoms with E-state index < -0.39 is 0 Å². The molecule has 2 heteroatoms. The molecule has 1 aliphatic heterocycles. The van der Waals surface area contributed by atoms with E-state index in [9.17, 15) is 0 Å². The fraction of sp³-hybridized carbons (Fsp3) is 0.643. The Labute approximate surface area is 98.7 Å². The summed E-state index contributed by atoms with van der Waals surface area (Å²) in [4.78, 5) is 6.87. The maximum Gasteiger partial charge on any atom is 0.0378 e. The summed E-state index contributed by atoms with van der Waals surface area (Å²) in [5.41, 5.74) is 4.19. The third-order valence-electron chi connectivity index (χ3n) is 3.52. The van der Waals surface area contributed by atoms with Gasteiger partial charge in [-0.2, -0.15) is 0 Å². The Morgan fingerprint density at radius 3 is 2.44 bits per heavy atom. The SMILES string of the molecule is Cc1cc(CC2(C)CCN(C)C2)cc(C)n1. The van der Waals surface area contributed by atoms with E-state index >= 15 is 0 Å². The molecule has 2 heterocycles. The van der Waals surface area contributed by atoms with Crippen LogP contribution in [0.25, 0.3) is 0 Å². The molecule has 1 saturated heterocycles. The first-order valence-corrected chi connectivity index (χ1v) is 6.10. The molecule has 0 bridgehead atoms. The van der Waals surface area contributed by atoms with E-state index in [2.05, 4.69) is 49.8 Å². The number of pyridine rings is 1. The maximum absolute atomic E-state index is 4.44. The fourth-order valence-electron chi connectivity index (χ4n) is 2.93. The van der Waals surface area contributed by atoms with Gasteiger partial charge in [-0.15, -0.1) is 0 Å². The van der Waals surface area contributed by atoms with Gasteiger partial charge in [0.15, 0.2) is 0 Å². The summed E-state index contributed by atoms with van der Waals surface area (Å²) < 4.78 is 0. The number of nitrogens with zero attached hydrogens (tertiary/aromatic N) is 2. The average Bonchev–Trinajstić information content (AvgIpc) is 2.43. The highest BCUT2D eigenvalue weighted by atomic mass is 15.1. The quantitative estimate of drug-likeness (QED) is 0.758. The highest BCUT2D eigenvalue weighted by Crippen LogP contribution is 2.32. The molecule has 1 aliphatic rings. The normalized spacial score (nSPS) is 26.2. The van der Waals surface area contributed by atoms with Gasteiger partial charge in [-0.25, -0.2) is 0 Å². The molecule has 0 aromatic carbocycles. The molecule has 0 N–H and O–H groups in total. The van der Waals surface area contributed by atoms with Crippen LogP contribution in [0.1, 0.15) is 30.3 Å². The van der Waals surface area contributed by atoms with Crippen LogP contribution >= 0.6 is 0 Å². The molecule has 0 amide bonds. The average molecular weight is 218 g/mol. The summed E-state index contributed by atoms with van der Waals surface area (Å²) in [5, 5.41) is 0. The molecule has 1 fully saturated rings. The molecular formula is C14H22N2. The van der Waals surface area contributed by atoms with E-state index in [1.165, 1.54) is 31.5 Å². The van der Waals surface area contributed by atoms with Gasteiger partial charge in [-0.3, -0.25) is 4.98 Å². The van der Waals surface area contributed by atoms with Crippen LogP contribution in [-0.2, 0) is 6.42 Å². The van der Waals surface area contributed by atoms with Crippen LogP contribution in [0.5, 0.6) is 0 Å². The Kier molecular flexibility index (Phi) is 3.02. The standard InChI is InChI=1S/C14H22N2/c1-11-7-13(8-12(2)15-11)9-14(3)5-6-16(4)10-14/h7-8H,5-6,9-10H2,1-4H3. The molecule has 1 aromatic heterocycles. The summed E-state index contributed by atoms with van der Waals surface area (Å²) in [5.74, 6) is 0. The molecule has 0 aliphatic carbocycles. The van der Waals surface area contributed by atoms with Crippen molar-refractivity contribution in [3.8, 4) is 0 Å². The minimum atomic E-state index is 0.453. The lowest BCUT2D eigenvalue weighted by atomic mass is 9.83. The van der Waals surface area contributed by atoms with Crippen molar-refractivity contribution in [3.63, 3.8) is 0 Å². The summed E-state index contributed by atoms with van der Waals surface area (Å²) in [6.07, 6.45) is 2.49. The van der Waals surface area contributed by atoms with E-state index in [1.54, 1.807) is 0 Å². The zero-order chi connectivity index (χ0) is 11.8. The summed E-state index contributed by atoms with van der Waals surface area (Å²) in [6.45, 7) is 9.02. The van der Waals surface area contributed by atoms with Gasteiger partial charge in [0.1, 0.15) is 0 Å². The van der Waals surface area contributed by atoms with Crippen molar-refractivity contribution in [2.45, 2.75) is 33.6 Å². The van der Waals surface area contributed by atoms with Crippen LogP contribution in [0.2, 0.25) is 0 Å². The molecule has 0 spiro atoms. The first-order chi connectivity index (χ1) is 7.47. The topological polar surface area (TPSA) is 16.1 Å². The number of hydrogen-bond acceptors (Lipinski definition) is 2. The first-order valence-electron chi connectivity index (χ1n) is 6.10. The molecule has 2 nitrogen and oxygen atoms in total. The zero-order valence-electron chi connectivity index (χ0n) is 10.9. The van der Waals surface area contributed by atoms with E-state index in [0.29, 0.717) is 5.41 Å². The third kappa shape index (κ3) is 2.62. The summed E-state index contributed by atoms with van der Waals surface area (Å²) in [7, 11) is 2.22. The van der Waals surface area contributed by atoms with Crippen molar-refractivity contribution < 1.29 is 0 Å². The second kappa shape index (κ2) is 4.17. The van der Waals surface area contributed by atoms with Crippen molar-refractivity contribution in [2.24, 2.45) is 5.41 Å². The Morgan fingerprint density at radius 2 is 1.94 bits per heavy atom. The van der Waals surface area contributed by atoms with Crippen LogP contribution in [-0.4, -0.2) is 30.0 Å². The Hall–Kier alpha value is -0.890. The summed E-state index contributed by atoms with van der Waals surface area (Å²) >= 11 is 0.